The number of hydrogen-bond donors (Lipinski definition) is 1. The van der Waals surface area contributed by atoms with Gasteiger partial charge in [-0.05, 0) is 50.3 Å². The fourth-order valence-corrected chi connectivity index (χ4v) is 6.43. The normalized spacial score (nSPS) is 15.7. The van der Waals surface area contributed by atoms with Crippen LogP contribution in [0.1, 0.15) is 36.6 Å². The first-order chi connectivity index (χ1) is 16.0. The predicted octanol–water partition coefficient (Wildman–Crippen LogP) is 4.76. The smallest absolute Gasteiger partial charge is 0.263 e. The van der Waals surface area contributed by atoms with Gasteiger partial charge in [-0.3, -0.25) is 14.2 Å². The van der Waals surface area contributed by atoms with Crippen molar-refractivity contribution >= 4 is 44.9 Å². The molecule has 2 aliphatic rings. The Labute approximate surface area is 199 Å². The van der Waals surface area contributed by atoms with Crippen molar-refractivity contribution in [3.05, 3.63) is 51.6 Å². The first kappa shape index (κ1) is 22.0. The van der Waals surface area contributed by atoms with Gasteiger partial charge in [0.05, 0.1) is 10.6 Å². The van der Waals surface area contributed by atoms with Crippen LogP contribution in [0.15, 0.2) is 40.8 Å². The second-order valence-corrected chi connectivity index (χ2v) is 10.6. The summed E-state index contributed by atoms with van der Waals surface area (Å²) < 4.78 is 12.3. The van der Waals surface area contributed by atoms with Crippen molar-refractivity contribution in [3.8, 4) is 11.5 Å². The average Bonchev–Trinajstić information content (AvgIpc) is 3.33. The fraction of sp³-hybridized carbons (Fsp3) is 0.375. The zero-order chi connectivity index (χ0) is 22.9. The minimum absolute atomic E-state index is 0.0369. The molecule has 2 aromatic heterocycles. The molecule has 33 heavy (non-hydrogen) atoms. The van der Waals surface area contributed by atoms with E-state index in [4.69, 9.17) is 14.5 Å². The van der Waals surface area contributed by atoms with Crippen LogP contribution in [0, 0.1) is 0 Å². The molecule has 3 heterocycles. The van der Waals surface area contributed by atoms with Crippen LogP contribution < -0.4 is 20.3 Å². The van der Waals surface area contributed by atoms with Gasteiger partial charge in [-0.25, -0.2) is 4.98 Å². The van der Waals surface area contributed by atoms with Crippen molar-refractivity contribution in [3.63, 3.8) is 0 Å². The number of amides is 1. The number of ether oxygens (including phenoxy) is 2. The first-order valence-corrected chi connectivity index (χ1v) is 12.8. The molecule has 1 N–H and O–H groups in total. The summed E-state index contributed by atoms with van der Waals surface area (Å²) >= 11 is 2.91. The third-order valence-electron chi connectivity index (χ3n) is 5.89. The van der Waals surface area contributed by atoms with Gasteiger partial charge in [-0.2, -0.15) is 0 Å². The van der Waals surface area contributed by atoms with Gasteiger partial charge in [-0.1, -0.05) is 24.3 Å². The van der Waals surface area contributed by atoms with Crippen LogP contribution in [-0.2, 0) is 24.2 Å². The largest absolute Gasteiger partial charge is 0.454 e. The number of nitrogens with zero attached hydrogens (tertiary/aromatic N) is 2. The number of nitrogens with one attached hydrogen (secondary N) is 1. The molecule has 0 radical (unpaired) electrons. The molecule has 0 saturated heterocycles. The van der Waals surface area contributed by atoms with Crippen molar-refractivity contribution in [2.75, 3.05) is 12.1 Å². The number of thiophene rings is 1. The van der Waals surface area contributed by atoms with E-state index in [0.717, 1.165) is 35.9 Å². The Morgan fingerprint density at radius 2 is 2.12 bits per heavy atom. The number of carbonyl (C=O) groups is 1. The number of hydrogen-bond acceptors (Lipinski definition) is 7. The van der Waals surface area contributed by atoms with Gasteiger partial charge < -0.3 is 14.8 Å². The van der Waals surface area contributed by atoms with Gasteiger partial charge in [0.25, 0.3) is 5.56 Å². The molecule has 9 heteroatoms. The third-order valence-corrected chi connectivity index (χ3v) is 8.17. The zero-order valence-electron chi connectivity index (χ0n) is 18.4. The second kappa shape index (κ2) is 9.23. The van der Waals surface area contributed by atoms with Crippen molar-refractivity contribution in [1.82, 2.24) is 9.55 Å². The Balaban J connectivity index is 1.42. The lowest BCUT2D eigenvalue weighted by Gasteiger charge is -2.15. The number of benzene rings is 1. The minimum atomic E-state index is -0.464. The van der Waals surface area contributed by atoms with Crippen LogP contribution in [0.4, 0.5) is 5.69 Å². The number of allylic oxidation sites excluding steroid dienone is 1. The quantitative estimate of drug-likeness (QED) is 0.236. The Bertz CT molecular complexity index is 1300. The molecule has 1 atom stereocenters. The Morgan fingerprint density at radius 1 is 1.30 bits per heavy atom. The first-order valence-electron chi connectivity index (χ1n) is 11.1. The average molecular weight is 484 g/mol. The number of anilines is 1. The summed E-state index contributed by atoms with van der Waals surface area (Å²) in [7, 11) is 0. The van der Waals surface area contributed by atoms with Gasteiger partial charge in [0.15, 0.2) is 16.7 Å². The summed E-state index contributed by atoms with van der Waals surface area (Å²) in [5.41, 5.74) is 1.77. The van der Waals surface area contributed by atoms with E-state index in [1.807, 2.05) is 6.92 Å². The van der Waals surface area contributed by atoms with Crippen LogP contribution in [-0.4, -0.2) is 27.5 Å². The second-order valence-electron chi connectivity index (χ2n) is 8.16. The number of fused-ring (bicyclic) bond motifs is 4. The number of aryl methyl sites for hydroxylation is 2. The fourth-order valence-electron chi connectivity index (χ4n) is 4.21. The molecule has 0 fully saturated rings. The van der Waals surface area contributed by atoms with Gasteiger partial charge in [-0.15, -0.1) is 17.9 Å². The highest BCUT2D eigenvalue weighted by atomic mass is 32.2. The van der Waals surface area contributed by atoms with E-state index in [1.54, 1.807) is 40.2 Å². The Hall–Kier alpha value is -2.78. The van der Waals surface area contributed by atoms with E-state index in [1.165, 1.54) is 28.6 Å². The standard InChI is InChI=1S/C24H25N3O4S2/c1-3-11-27-23(29)20-16-7-5-4-6-8-19(16)33-22(20)26-24(27)32-14(2)21(28)25-15-9-10-17-18(12-15)31-13-30-17/h3,9-10,12,14H,1,4-8,11,13H2,2H3,(H,25,28)/t14-/m1/s1. The molecule has 5 rings (SSSR count). The molecule has 1 amide bonds. The molecule has 172 valence electrons. The molecule has 3 aromatic rings. The van der Waals surface area contributed by atoms with Gasteiger partial charge >= 0.3 is 0 Å². The van der Waals surface area contributed by atoms with Crippen molar-refractivity contribution in [1.29, 1.82) is 0 Å². The minimum Gasteiger partial charge on any atom is -0.454 e. The third kappa shape index (κ3) is 4.27. The lowest BCUT2D eigenvalue weighted by Crippen LogP contribution is -2.26. The topological polar surface area (TPSA) is 82.5 Å². The molecule has 0 unspecified atom stereocenters. The van der Waals surface area contributed by atoms with E-state index in [0.29, 0.717) is 28.9 Å². The lowest BCUT2D eigenvalue weighted by molar-refractivity contribution is -0.115. The van der Waals surface area contributed by atoms with Crippen molar-refractivity contribution in [2.45, 2.75) is 56.0 Å². The maximum Gasteiger partial charge on any atom is 0.263 e. The van der Waals surface area contributed by atoms with Crippen molar-refractivity contribution in [2.24, 2.45) is 0 Å². The Kier molecular flexibility index (Phi) is 6.16. The predicted molar refractivity (Wildman–Crippen MR) is 132 cm³/mol. The van der Waals surface area contributed by atoms with Crippen LogP contribution in [0.2, 0.25) is 0 Å². The molecule has 0 bridgehead atoms. The highest BCUT2D eigenvalue weighted by Crippen LogP contribution is 2.36. The van der Waals surface area contributed by atoms with E-state index < -0.39 is 5.25 Å². The molecule has 0 saturated carbocycles. The number of thioether (sulfide) groups is 1. The maximum absolute atomic E-state index is 13.5. The molecular formula is C24H25N3O4S2. The molecule has 1 aromatic carbocycles. The summed E-state index contributed by atoms with van der Waals surface area (Å²) in [6.45, 7) is 6.16. The van der Waals surface area contributed by atoms with E-state index in [2.05, 4.69) is 11.9 Å². The van der Waals surface area contributed by atoms with Crippen molar-refractivity contribution < 1.29 is 14.3 Å². The zero-order valence-corrected chi connectivity index (χ0v) is 20.0. The monoisotopic (exact) mass is 483 g/mol. The number of rotatable bonds is 6. The summed E-state index contributed by atoms with van der Waals surface area (Å²) in [6, 6.07) is 5.29. The highest BCUT2D eigenvalue weighted by Gasteiger charge is 2.24. The van der Waals surface area contributed by atoms with E-state index >= 15 is 0 Å². The summed E-state index contributed by atoms with van der Waals surface area (Å²) in [5.74, 6) is 1.09. The van der Waals surface area contributed by atoms with E-state index in [-0.39, 0.29) is 18.3 Å². The van der Waals surface area contributed by atoms with Crippen LogP contribution in [0.25, 0.3) is 10.2 Å². The van der Waals surface area contributed by atoms with Crippen LogP contribution >= 0.6 is 23.1 Å². The summed E-state index contributed by atoms with van der Waals surface area (Å²) in [5, 5.41) is 3.74. The number of carbonyl (C=O) groups excluding carboxylic acids is 1. The Morgan fingerprint density at radius 3 is 2.97 bits per heavy atom. The van der Waals surface area contributed by atoms with Gasteiger partial charge in [0.2, 0.25) is 12.7 Å². The van der Waals surface area contributed by atoms with Crippen LogP contribution in [0.5, 0.6) is 11.5 Å². The molecule has 1 aliphatic heterocycles. The molecule has 0 spiro atoms. The lowest BCUT2D eigenvalue weighted by atomic mass is 10.1. The van der Waals surface area contributed by atoms with E-state index in [9.17, 15) is 9.59 Å². The molecule has 1 aliphatic carbocycles. The summed E-state index contributed by atoms with van der Waals surface area (Å²) in [4.78, 5) is 33.3. The summed E-state index contributed by atoms with van der Waals surface area (Å²) in [6.07, 6.45) is 7.09. The van der Waals surface area contributed by atoms with Gasteiger partial charge in [0.1, 0.15) is 4.83 Å². The highest BCUT2D eigenvalue weighted by molar-refractivity contribution is 8.00. The SMILES string of the molecule is C=CCn1c(S[C@H](C)C(=O)Nc2ccc3c(c2)OCO3)nc2sc3c(c2c1=O)CCCCC3. The molecular weight excluding hydrogens is 458 g/mol. The van der Waals surface area contributed by atoms with Gasteiger partial charge in [0, 0.05) is 23.2 Å². The maximum atomic E-state index is 13.5. The van der Waals surface area contributed by atoms with Crippen LogP contribution in [0.3, 0.4) is 0 Å². The molecule has 7 nitrogen and oxygen atoms in total. The number of aromatic nitrogens is 2.